The van der Waals surface area contributed by atoms with Crippen LogP contribution in [0.25, 0.3) is 0 Å². The van der Waals surface area contributed by atoms with Gasteiger partial charge in [-0.2, -0.15) is 0 Å². The quantitative estimate of drug-likeness (QED) is 0.916. The van der Waals surface area contributed by atoms with Crippen LogP contribution in [0.5, 0.6) is 5.75 Å². The molecule has 1 amide bonds. The molecule has 5 heteroatoms. The van der Waals surface area contributed by atoms with Crippen molar-refractivity contribution in [2.75, 3.05) is 31.6 Å². The molecule has 0 radical (unpaired) electrons. The Morgan fingerprint density at radius 2 is 2.19 bits per heavy atom. The van der Waals surface area contributed by atoms with Crippen molar-refractivity contribution >= 4 is 11.6 Å². The molecule has 2 heterocycles. The van der Waals surface area contributed by atoms with Crippen molar-refractivity contribution in [3.8, 4) is 5.75 Å². The summed E-state index contributed by atoms with van der Waals surface area (Å²) in [5.74, 6) is 1.14. The molecular formula is C16H23N3O2. The van der Waals surface area contributed by atoms with E-state index in [2.05, 4.69) is 11.0 Å². The molecule has 5 nitrogen and oxygen atoms in total. The van der Waals surface area contributed by atoms with Gasteiger partial charge in [-0.3, -0.25) is 4.79 Å². The summed E-state index contributed by atoms with van der Waals surface area (Å²) in [6, 6.07) is 6.33. The summed E-state index contributed by atoms with van der Waals surface area (Å²) in [5, 5.41) is 0. The first-order chi connectivity index (χ1) is 10.1. The van der Waals surface area contributed by atoms with Gasteiger partial charge in [-0.05, 0) is 25.5 Å². The standard InChI is InChI=1S/C16H23N3O2/c1-11(17)16-13(4-3-5-14(16)21-2)18-8-9-19-12(10-18)6-7-15(19)20/h3-5,11-12H,6-10,17H2,1-2H3/t11-,12?/m1/s1. The molecule has 0 aromatic heterocycles. The van der Waals surface area contributed by atoms with Gasteiger partial charge < -0.3 is 20.3 Å². The van der Waals surface area contributed by atoms with E-state index in [1.807, 2.05) is 24.0 Å². The van der Waals surface area contributed by atoms with Crippen molar-refractivity contribution in [1.29, 1.82) is 0 Å². The van der Waals surface area contributed by atoms with Crippen LogP contribution in [0.4, 0.5) is 5.69 Å². The van der Waals surface area contributed by atoms with E-state index in [1.54, 1.807) is 7.11 Å². The first-order valence-corrected chi connectivity index (χ1v) is 7.58. The van der Waals surface area contributed by atoms with Crippen molar-refractivity contribution in [1.82, 2.24) is 4.90 Å². The van der Waals surface area contributed by atoms with Crippen LogP contribution in [0.3, 0.4) is 0 Å². The predicted octanol–water partition coefficient (Wildman–Crippen LogP) is 1.53. The number of hydrogen-bond acceptors (Lipinski definition) is 4. The largest absolute Gasteiger partial charge is 0.496 e. The van der Waals surface area contributed by atoms with Crippen LogP contribution in [0, 0.1) is 0 Å². The van der Waals surface area contributed by atoms with E-state index in [1.165, 1.54) is 0 Å². The molecule has 0 aliphatic carbocycles. The summed E-state index contributed by atoms with van der Waals surface area (Å²) in [6.07, 6.45) is 1.66. The Bertz CT molecular complexity index is 544. The molecule has 1 aromatic rings. The lowest BCUT2D eigenvalue weighted by Gasteiger charge is -2.40. The number of rotatable bonds is 3. The van der Waals surface area contributed by atoms with Crippen LogP contribution < -0.4 is 15.4 Å². The van der Waals surface area contributed by atoms with Crippen LogP contribution >= 0.6 is 0 Å². The summed E-state index contributed by atoms with van der Waals surface area (Å²) in [5.41, 5.74) is 8.35. The number of piperazine rings is 1. The van der Waals surface area contributed by atoms with E-state index in [0.29, 0.717) is 18.4 Å². The third-order valence-corrected chi connectivity index (χ3v) is 4.55. The van der Waals surface area contributed by atoms with E-state index in [4.69, 9.17) is 10.5 Å². The summed E-state index contributed by atoms with van der Waals surface area (Å²) in [6.45, 7) is 4.53. The maximum Gasteiger partial charge on any atom is 0.223 e. The van der Waals surface area contributed by atoms with Gasteiger partial charge in [-0.25, -0.2) is 0 Å². The number of anilines is 1. The molecule has 114 valence electrons. The topological polar surface area (TPSA) is 58.8 Å². The van der Waals surface area contributed by atoms with Crippen molar-refractivity contribution < 1.29 is 9.53 Å². The van der Waals surface area contributed by atoms with Gasteiger partial charge in [-0.1, -0.05) is 6.07 Å². The van der Waals surface area contributed by atoms with Crippen molar-refractivity contribution in [2.24, 2.45) is 5.73 Å². The van der Waals surface area contributed by atoms with Gasteiger partial charge in [-0.15, -0.1) is 0 Å². The SMILES string of the molecule is COc1cccc(N2CCN3C(=O)CCC3C2)c1[C@@H](C)N. The van der Waals surface area contributed by atoms with E-state index < -0.39 is 0 Å². The number of nitrogens with zero attached hydrogens (tertiary/aromatic N) is 2. The molecule has 2 atom stereocenters. The Labute approximate surface area is 125 Å². The molecule has 2 aliphatic heterocycles. The van der Waals surface area contributed by atoms with Crippen LogP contribution in [0.1, 0.15) is 31.4 Å². The minimum absolute atomic E-state index is 0.0839. The summed E-state index contributed by atoms with van der Waals surface area (Å²) in [7, 11) is 1.68. The van der Waals surface area contributed by atoms with Gasteiger partial charge in [0.1, 0.15) is 5.75 Å². The van der Waals surface area contributed by atoms with Crippen molar-refractivity contribution in [3.05, 3.63) is 23.8 Å². The van der Waals surface area contributed by atoms with E-state index in [9.17, 15) is 4.79 Å². The van der Waals surface area contributed by atoms with Gasteiger partial charge in [0, 0.05) is 49.4 Å². The number of carbonyl (C=O) groups is 1. The minimum atomic E-state index is -0.0839. The normalized spacial score (nSPS) is 23.2. The molecule has 1 unspecified atom stereocenters. The Morgan fingerprint density at radius 1 is 1.38 bits per heavy atom. The Hall–Kier alpha value is -1.75. The lowest BCUT2D eigenvalue weighted by Crippen LogP contribution is -2.51. The van der Waals surface area contributed by atoms with Gasteiger partial charge in [0.05, 0.1) is 7.11 Å². The second kappa shape index (κ2) is 5.56. The molecule has 2 N–H and O–H groups in total. The molecule has 0 bridgehead atoms. The molecule has 2 fully saturated rings. The third kappa shape index (κ3) is 2.46. The molecule has 2 aliphatic rings. The molecule has 2 saturated heterocycles. The second-order valence-electron chi connectivity index (χ2n) is 5.91. The number of carbonyl (C=O) groups excluding carboxylic acids is 1. The number of ether oxygens (including phenoxy) is 1. The first-order valence-electron chi connectivity index (χ1n) is 7.58. The van der Waals surface area contributed by atoms with Crippen LogP contribution in [-0.2, 0) is 4.79 Å². The number of fused-ring (bicyclic) bond motifs is 1. The van der Waals surface area contributed by atoms with Gasteiger partial charge in [0.25, 0.3) is 0 Å². The molecule has 0 spiro atoms. The zero-order chi connectivity index (χ0) is 15.0. The predicted molar refractivity (Wildman–Crippen MR) is 82.5 cm³/mol. The second-order valence-corrected chi connectivity index (χ2v) is 5.91. The van der Waals surface area contributed by atoms with Gasteiger partial charge in [0.15, 0.2) is 0 Å². The fraction of sp³-hybridized carbons (Fsp3) is 0.562. The van der Waals surface area contributed by atoms with Crippen LogP contribution in [-0.4, -0.2) is 43.6 Å². The highest BCUT2D eigenvalue weighted by atomic mass is 16.5. The number of amides is 1. The molecule has 3 rings (SSSR count). The zero-order valence-electron chi connectivity index (χ0n) is 12.7. The summed E-state index contributed by atoms with van der Waals surface area (Å²) in [4.78, 5) is 16.2. The summed E-state index contributed by atoms with van der Waals surface area (Å²) < 4.78 is 5.47. The van der Waals surface area contributed by atoms with E-state index in [0.717, 1.165) is 43.1 Å². The van der Waals surface area contributed by atoms with Crippen LogP contribution in [0.15, 0.2) is 18.2 Å². The Balaban J connectivity index is 1.89. The maximum atomic E-state index is 11.8. The maximum absolute atomic E-state index is 11.8. The van der Waals surface area contributed by atoms with Gasteiger partial charge in [0.2, 0.25) is 5.91 Å². The molecular weight excluding hydrogens is 266 g/mol. The van der Waals surface area contributed by atoms with Crippen molar-refractivity contribution in [2.45, 2.75) is 31.8 Å². The highest BCUT2D eigenvalue weighted by molar-refractivity contribution is 5.79. The zero-order valence-corrected chi connectivity index (χ0v) is 12.7. The average Bonchev–Trinajstić information content (AvgIpc) is 2.87. The number of hydrogen-bond donors (Lipinski definition) is 1. The Morgan fingerprint density at radius 3 is 2.90 bits per heavy atom. The average molecular weight is 289 g/mol. The molecule has 1 aromatic carbocycles. The van der Waals surface area contributed by atoms with Gasteiger partial charge >= 0.3 is 0 Å². The number of nitrogens with two attached hydrogens (primary N) is 1. The fourth-order valence-corrected chi connectivity index (χ4v) is 3.53. The van der Waals surface area contributed by atoms with Crippen molar-refractivity contribution in [3.63, 3.8) is 0 Å². The lowest BCUT2D eigenvalue weighted by atomic mass is 10.0. The summed E-state index contributed by atoms with van der Waals surface area (Å²) >= 11 is 0. The highest BCUT2D eigenvalue weighted by Crippen LogP contribution is 2.35. The minimum Gasteiger partial charge on any atom is -0.496 e. The van der Waals surface area contributed by atoms with E-state index >= 15 is 0 Å². The lowest BCUT2D eigenvalue weighted by molar-refractivity contribution is -0.129. The first kappa shape index (κ1) is 14.2. The number of methoxy groups -OCH3 is 1. The molecule has 0 saturated carbocycles. The van der Waals surface area contributed by atoms with E-state index in [-0.39, 0.29) is 6.04 Å². The van der Waals surface area contributed by atoms with Crippen LogP contribution in [0.2, 0.25) is 0 Å². The molecule has 21 heavy (non-hydrogen) atoms. The fourth-order valence-electron chi connectivity index (χ4n) is 3.53. The monoisotopic (exact) mass is 289 g/mol. The Kier molecular flexibility index (Phi) is 3.76. The third-order valence-electron chi connectivity index (χ3n) is 4.55. The number of benzene rings is 1. The smallest absolute Gasteiger partial charge is 0.223 e. The highest BCUT2D eigenvalue weighted by Gasteiger charge is 2.36.